The summed E-state index contributed by atoms with van der Waals surface area (Å²) >= 11 is 3.05. The van der Waals surface area contributed by atoms with Gasteiger partial charge in [0.2, 0.25) is 0 Å². The second kappa shape index (κ2) is 4.69. The quantitative estimate of drug-likeness (QED) is 0.627. The van der Waals surface area contributed by atoms with Gasteiger partial charge in [-0.2, -0.15) is 0 Å². The van der Waals surface area contributed by atoms with Crippen molar-refractivity contribution in [2.24, 2.45) is 0 Å². The minimum absolute atomic E-state index is 0.193. The number of ether oxygens (including phenoxy) is 1. The van der Waals surface area contributed by atoms with Crippen LogP contribution in [0.1, 0.15) is 10.4 Å². The summed E-state index contributed by atoms with van der Waals surface area (Å²) in [7, 11) is 0. The summed E-state index contributed by atoms with van der Waals surface area (Å²) in [4.78, 5) is 11.3. The zero-order valence-electron chi connectivity index (χ0n) is 7.84. The van der Waals surface area contributed by atoms with Gasteiger partial charge in [0.25, 0.3) is 0 Å². The first-order valence-corrected chi connectivity index (χ1v) is 4.85. The Labute approximate surface area is 97.8 Å². The monoisotopic (exact) mass is 294 g/mol. The predicted octanol–water partition coefficient (Wildman–Crippen LogP) is 3.72. The number of ketones is 1. The van der Waals surface area contributed by atoms with Crippen molar-refractivity contribution in [2.75, 3.05) is 0 Å². The molecule has 0 unspecified atom stereocenters. The molecule has 2 nitrogen and oxygen atoms in total. The first kappa shape index (κ1) is 12.8. The molecule has 0 heterocycles. The lowest BCUT2D eigenvalue weighted by Crippen LogP contribution is -2.18. The molecule has 0 N–H and O–H groups in total. The molecule has 0 bridgehead atoms. The van der Waals surface area contributed by atoms with Crippen LogP contribution in [-0.2, 0) is 0 Å². The molecule has 1 aromatic carbocycles. The lowest BCUT2D eigenvalue weighted by molar-refractivity contribution is -0.274. The van der Waals surface area contributed by atoms with E-state index in [4.69, 9.17) is 0 Å². The van der Waals surface area contributed by atoms with Gasteiger partial charge < -0.3 is 4.74 Å². The van der Waals surface area contributed by atoms with Crippen LogP contribution in [0, 0.1) is 0 Å². The van der Waals surface area contributed by atoms with Gasteiger partial charge in [0.15, 0.2) is 5.78 Å². The lowest BCUT2D eigenvalue weighted by atomic mass is 10.1. The first-order chi connectivity index (χ1) is 7.33. The average Bonchev–Trinajstić information content (AvgIpc) is 2.17. The Hall–Kier alpha value is -1.30. The summed E-state index contributed by atoms with van der Waals surface area (Å²) in [5.41, 5.74) is -0.193. The molecule has 0 aliphatic heterocycles. The van der Waals surface area contributed by atoms with E-state index in [0.717, 1.165) is 12.1 Å². The number of rotatable bonds is 3. The molecular weight excluding hydrogens is 289 g/mol. The summed E-state index contributed by atoms with van der Waals surface area (Å²) in [6.45, 7) is 3.20. The van der Waals surface area contributed by atoms with Crippen LogP contribution in [0.15, 0.2) is 35.3 Å². The highest BCUT2D eigenvalue weighted by Gasteiger charge is 2.32. The Bertz CT molecular complexity index is 427. The third-order valence-corrected chi connectivity index (χ3v) is 2.11. The zero-order chi connectivity index (χ0) is 12.3. The molecule has 0 aromatic heterocycles. The van der Waals surface area contributed by atoms with Gasteiger partial charge in [-0.15, -0.1) is 13.2 Å². The second-order valence-electron chi connectivity index (χ2n) is 2.76. The molecule has 0 aliphatic rings. The van der Waals surface area contributed by atoms with E-state index in [0.29, 0.717) is 4.47 Å². The Balaban J connectivity index is 3.17. The molecule has 6 heteroatoms. The maximum Gasteiger partial charge on any atom is 0.573 e. The maximum absolute atomic E-state index is 12.0. The number of alkyl halides is 3. The van der Waals surface area contributed by atoms with Crippen molar-refractivity contribution in [3.8, 4) is 5.75 Å². The summed E-state index contributed by atoms with van der Waals surface area (Å²) in [5.74, 6) is -1.18. The summed E-state index contributed by atoms with van der Waals surface area (Å²) in [5, 5.41) is 0. The molecule has 1 aromatic rings. The van der Waals surface area contributed by atoms with Gasteiger partial charge in [-0.05, 0) is 24.3 Å². The lowest BCUT2D eigenvalue weighted by Gasteiger charge is -2.11. The molecule has 0 spiro atoms. The average molecular weight is 295 g/mol. The van der Waals surface area contributed by atoms with Crippen LogP contribution in [-0.4, -0.2) is 12.1 Å². The Morgan fingerprint density at radius 3 is 2.56 bits per heavy atom. The number of carbonyl (C=O) groups is 1. The molecular formula is C10H6BrF3O2. The van der Waals surface area contributed by atoms with E-state index < -0.39 is 17.9 Å². The van der Waals surface area contributed by atoms with Crippen LogP contribution in [0.25, 0.3) is 0 Å². The predicted molar refractivity (Wildman–Crippen MR) is 55.4 cm³/mol. The van der Waals surface area contributed by atoms with E-state index in [1.54, 1.807) is 0 Å². The fourth-order valence-electron chi connectivity index (χ4n) is 1.02. The molecule has 86 valence electrons. The van der Waals surface area contributed by atoms with Crippen LogP contribution >= 0.6 is 15.9 Å². The van der Waals surface area contributed by atoms with Gasteiger partial charge >= 0.3 is 6.36 Å². The van der Waals surface area contributed by atoms with E-state index in [1.807, 2.05) is 0 Å². The Kier molecular flexibility index (Phi) is 3.74. The van der Waals surface area contributed by atoms with Crippen LogP contribution < -0.4 is 4.74 Å². The van der Waals surface area contributed by atoms with Crippen molar-refractivity contribution < 1.29 is 22.7 Å². The number of allylic oxidation sites excluding steroid dienone is 1. The molecule has 0 saturated heterocycles. The topological polar surface area (TPSA) is 26.3 Å². The summed E-state index contributed by atoms with van der Waals surface area (Å²) < 4.78 is 40.3. The smallest absolute Gasteiger partial charge is 0.405 e. The fourth-order valence-corrected chi connectivity index (χ4v) is 1.38. The highest BCUT2D eigenvalue weighted by molar-refractivity contribution is 9.10. The van der Waals surface area contributed by atoms with E-state index >= 15 is 0 Å². The zero-order valence-corrected chi connectivity index (χ0v) is 9.43. The number of carbonyl (C=O) groups excluding carboxylic acids is 1. The Morgan fingerprint density at radius 2 is 2.06 bits per heavy atom. The molecule has 0 atom stereocenters. The van der Waals surface area contributed by atoms with Crippen molar-refractivity contribution in [1.29, 1.82) is 0 Å². The highest BCUT2D eigenvalue weighted by Crippen LogP contribution is 2.29. The minimum Gasteiger partial charge on any atom is -0.405 e. The second-order valence-corrected chi connectivity index (χ2v) is 3.67. The number of benzene rings is 1. The molecule has 0 fully saturated rings. The Morgan fingerprint density at radius 1 is 1.44 bits per heavy atom. The van der Waals surface area contributed by atoms with Crippen molar-refractivity contribution in [3.05, 3.63) is 40.9 Å². The van der Waals surface area contributed by atoms with E-state index in [-0.39, 0.29) is 5.56 Å². The largest absolute Gasteiger partial charge is 0.573 e. The minimum atomic E-state index is -4.83. The van der Waals surface area contributed by atoms with Crippen LogP contribution in [0.2, 0.25) is 0 Å². The molecule has 16 heavy (non-hydrogen) atoms. The van der Waals surface area contributed by atoms with Crippen LogP contribution in [0.3, 0.4) is 0 Å². The van der Waals surface area contributed by atoms with Gasteiger partial charge in [0.05, 0.1) is 5.56 Å². The standard InChI is InChI=1S/C10H6BrF3O2/c1-2-8(15)7-5-6(11)3-4-9(7)16-10(12,13)14/h2-5H,1H2. The summed E-state index contributed by atoms with van der Waals surface area (Å²) in [6, 6.07) is 3.65. The third-order valence-electron chi connectivity index (χ3n) is 1.62. The maximum atomic E-state index is 12.0. The van der Waals surface area contributed by atoms with Crippen molar-refractivity contribution in [1.82, 2.24) is 0 Å². The van der Waals surface area contributed by atoms with Gasteiger partial charge in [-0.1, -0.05) is 22.5 Å². The van der Waals surface area contributed by atoms with Gasteiger partial charge in [0, 0.05) is 4.47 Å². The molecule has 0 amide bonds. The van der Waals surface area contributed by atoms with E-state index in [2.05, 4.69) is 27.2 Å². The van der Waals surface area contributed by atoms with Gasteiger partial charge in [0.1, 0.15) is 5.75 Å². The van der Waals surface area contributed by atoms with Crippen LogP contribution in [0.4, 0.5) is 13.2 Å². The highest BCUT2D eigenvalue weighted by atomic mass is 79.9. The first-order valence-electron chi connectivity index (χ1n) is 4.05. The fraction of sp³-hybridized carbons (Fsp3) is 0.100. The number of hydrogen-bond donors (Lipinski definition) is 0. The number of hydrogen-bond acceptors (Lipinski definition) is 2. The van der Waals surface area contributed by atoms with Gasteiger partial charge in [-0.3, -0.25) is 4.79 Å². The SMILES string of the molecule is C=CC(=O)c1cc(Br)ccc1OC(F)(F)F. The van der Waals surface area contributed by atoms with Gasteiger partial charge in [-0.25, -0.2) is 0 Å². The molecule has 0 saturated carbocycles. The molecule has 1 rings (SSSR count). The normalized spacial score (nSPS) is 11.0. The molecule has 0 radical (unpaired) electrons. The molecule has 0 aliphatic carbocycles. The van der Waals surface area contributed by atoms with Crippen molar-refractivity contribution in [3.63, 3.8) is 0 Å². The van der Waals surface area contributed by atoms with Crippen molar-refractivity contribution in [2.45, 2.75) is 6.36 Å². The van der Waals surface area contributed by atoms with E-state index in [9.17, 15) is 18.0 Å². The third kappa shape index (κ3) is 3.37. The summed E-state index contributed by atoms with van der Waals surface area (Å²) in [6.07, 6.45) is -3.91. The van der Waals surface area contributed by atoms with E-state index in [1.165, 1.54) is 12.1 Å². The number of halogens is 4. The van der Waals surface area contributed by atoms with Crippen molar-refractivity contribution >= 4 is 21.7 Å². The van der Waals surface area contributed by atoms with Crippen LogP contribution in [0.5, 0.6) is 5.75 Å².